The molecular formula is C22H22N2O5. The first-order chi connectivity index (χ1) is 14.1. The molecule has 0 radical (unpaired) electrons. The van der Waals surface area contributed by atoms with Crippen molar-refractivity contribution in [3.05, 3.63) is 77.9 Å². The van der Waals surface area contributed by atoms with Gasteiger partial charge in [-0.3, -0.25) is 10.7 Å². The molecule has 3 rings (SSSR count). The summed E-state index contributed by atoms with van der Waals surface area (Å²) >= 11 is 0. The first-order valence-electron chi connectivity index (χ1n) is 8.90. The van der Waals surface area contributed by atoms with E-state index in [1.165, 1.54) is 14.2 Å². The molecule has 0 unspecified atom stereocenters. The molecule has 150 valence electrons. The summed E-state index contributed by atoms with van der Waals surface area (Å²) in [5.41, 5.74) is 4.48. The maximum absolute atomic E-state index is 12.0. The topological polar surface area (TPSA) is 89.1 Å². The number of methoxy groups -OCH3 is 2. The van der Waals surface area contributed by atoms with E-state index < -0.39 is 5.97 Å². The molecule has 0 saturated carbocycles. The molecule has 0 aliphatic heterocycles. The average molecular weight is 394 g/mol. The second kappa shape index (κ2) is 9.48. The highest BCUT2D eigenvalue weighted by Crippen LogP contribution is 2.30. The molecule has 0 spiro atoms. The van der Waals surface area contributed by atoms with Crippen LogP contribution in [0.3, 0.4) is 0 Å². The number of esters is 1. The normalized spacial score (nSPS) is 10.2. The molecule has 0 amide bonds. The lowest BCUT2D eigenvalue weighted by Crippen LogP contribution is -2.07. The van der Waals surface area contributed by atoms with Crippen molar-refractivity contribution in [1.29, 1.82) is 0 Å². The Balaban J connectivity index is 1.79. The number of para-hydroxylation sites is 1. The van der Waals surface area contributed by atoms with Gasteiger partial charge in [0.25, 0.3) is 0 Å². The van der Waals surface area contributed by atoms with E-state index in [4.69, 9.17) is 14.2 Å². The largest absolute Gasteiger partial charge is 0.496 e. The van der Waals surface area contributed by atoms with Gasteiger partial charge < -0.3 is 19.5 Å². The molecule has 0 aromatic heterocycles. The van der Waals surface area contributed by atoms with Crippen LogP contribution >= 0.6 is 0 Å². The standard InChI is InChI=1S/C22H22N2O5/c1-27-21-11-8-15(12-18(21)22(25)28-2)14-23-20-13-17(9-10-19(20)24-26)29-16-6-4-3-5-7-16/h3-13,23-24,26H,14H2,1-2H3. The Morgan fingerprint density at radius 1 is 0.931 bits per heavy atom. The number of nitrogens with one attached hydrogen (secondary N) is 2. The third-order valence-corrected chi connectivity index (χ3v) is 4.24. The number of hydrogen-bond donors (Lipinski definition) is 3. The quantitative estimate of drug-likeness (QED) is 0.377. The molecule has 0 saturated heterocycles. The zero-order valence-electron chi connectivity index (χ0n) is 16.1. The minimum absolute atomic E-state index is 0.343. The van der Waals surface area contributed by atoms with Crippen LogP contribution in [0.5, 0.6) is 17.2 Å². The van der Waals surface area contributed by atoms with Crippen LogP contribution in [-0.2, 0) is 11.3 Å². The third-order valence-electron chi connectivity index (χ3n) is 4.24. The molecule has 3 aromatic carbocycles. The monoisotopic (exact) mass is 394 g/mol. The van der Waals surface area contributed by atoms with E-state index in [-0.39, 0.29) is 0 Å². The average Bonchev–Trinajstić information content (AvgIpc) is 2.77. The van der Waals surface area contributed by atoms with E-state index in [9.17, 15) is 10.0 Å². The summed E-state index contributed by atoms with van der Waals surface area (Å²) in [7, 11) is 2.82. The Labute approximate surface area is 168 Å². The zero-order valence-corrected chi connectivity index (χ0v) is 16.1. The molecule has 29 heavy (non-hydrogen) atoms. The first kappa shape index (κ1) is 20.0. The van der Waals surface area contributed by atoms with Crippen LogP contribution in [0.2, 0.25) is 0 Å². The zero-order chi connectivity index (χ0) is 20.6. The van der Waals surface area contributed by atoms with E-state index in [1.807, 2.05) is 36.4 Å². The number of anilines is 2. The number of rotatable bonds is 8. The van der Waals surface area contributed by atoms with Crippen molar-refractivity contribution in [3.63, 3.8) is 0 Å². The Morgan fingerprint density at radius 2 is 1.72 bits per heavy atom. The Hall–Kier alpha value is -3.71. The van der Waals surface area contributed by atoms with Crippen LogP contribution in [0.1, 0.15) is 15.9 Å². The van der Waals surface area contributed by atoms with Gasteiger partial charge in [-0.2, -0.15) is 0 Å². The Morgan fingerprint density at radius 3 is 2.41 bits per heavy atom. The maximum atomic E-state index is 12.0. The van der Waals surface area contributed by atoms with Gasteiger partial charge in [0.1, 0.15) is 22.8 Å². The summed E-state index contributed by atoms with van der Waals surface area (Å²) in [4.78, 5) is 12.0. The summed E-state index contributed by atoms with van der Waals surface area (Å²) in [6, 6.07) is 19.9. The van der Waals surface area contributed by atoms with Crippen LogP contribution in [0.15, 0.2) is 66.7 Å². The molecule has 0 fully saturated rings. The van der Waals surface area contributed by atoms with Crippen molar-refractivity contribution in [2.45, 2.75) is 6.54 Å². The molecule has 3 N–H and O–H groups in total. The summed E-state index contributed by atoms with van der Waals surface area (Å²) in [5.74, 6) is 1.29. The van der Waals surface area contributed by atoms with Crippen LogP contribution in [0.25, 0.3) is 0 Å². The lowest BCUT2D eigenvalue weighted by molar-refractivity contribution is 0.0597. The summed E-state index contributed by atoms with van der Waals surface area (Å²) in [5, 5.41) is 12.6. The summed E-state index contributed by atoms with van der Waals surface area (Å²) in [6.07, 6.45) is 0. The molecule has 0 heterocycles. The summed E-state index contributed by atoms with van der Waals surface area (Å²) < 4.78 is 15.9. The van der Waals surface area contributed by atoms with Crippen LogP contribution in [-0.4, -0.2) is 25.4 Å². The smallest absolute Gasteiger partial charge is 0.341 e. The molecule has 7 heteroatoms. The van der Waals surface area contributed by atoms with Crippen LogP contribution in [0.4, 0.5) is 11.4 Å². The second-order valence-electron chi connectivity index (χ2n) is 6.11. The molecule has 0 atom stereocenters. The van der Waals surface area contributed by atoms with Gasteiger partial charge in [-0.1, -0.05) is 24.3 Å². The Bertz CT molecular complexity index is 976. The maximum Gasteiger partial charge on any atom is 0.341 e. The van der Waals surface area contributed by atoms with E-state index in [1.54, 1.807) is 30.3 Å². The van der Waals surface area contributed by atoms with Crippen LogP contribution < -0.4 is 20.3 Å². The molecule has 0 aliphatic rings. The van der Waals surface area contributed by atoms with Crippen molar-refractivity contribution >= 4 is 17.3 Å². The van der Waals surface area contributed by atoms with Gasteiger partial charge >= 0.3 is 5.97 Å². The van der Waals surface area contributed by atoms with Gasteiger partial charge in [0.05, 0.1) is 25.6 Å². The minimum Gasteiger partial charge on any atom is -0.496 e. The number of ether oxygens (including phenoxy) is 3. The van der Waals surface area contributed by atoms with Gasteiger partial charge in [-0.15, -0.1) is 0 Å². The molecule has 7 nitrogen and oxygen atoms in total. The van der Waals surface area contributed by atoms with Crippen molar-refractivity contribution in [2.24, 2.45) is 0 Å². The lowest BCUT2D eigenvalue weighted by atomic mass is 10.1. The summed E-state index contributed by atoms with van der Waals surface area (Å²) in [6.45, 7) is 0.400. The number of carbonyl (C=O) groups excluding carboxylic acids is 1. The number of benzene rings is 3. The van der Waals surface area contributed by atoms with Crippen molar-refractivity contribution in [1.82, 2.24) is 0 Å². The predicted octanol–water partition coefficient (Wildman–Crippen LogP) is 4.69. The molecular weight excluding hydrogens is 372 g/mol. The molecule has 3 aromatic rings. The second-order valence-corrected chi connectivity index (χ2v) is 6.11. The van der Waals surface area contributed by atoms with Gasteiger partial charge in [0.15, 0.2) is 0 Å². The highest BCUT2D eigenvalue weighted by molar-refractivity contribution is 5.92. The van der Waals surface area contributed by atoms with Crippen molar-refractivity contribution in [3.8, 4) is 17.2 Å². The fraction of sp³-hybridized carbons (Fsp3) is 0.136. The predicted molar refractivity (Wildman–Crippen MR) is 110 cm³/mol. The van der Waals surface area contributed by atoms with E-state index in [0.717, 1.165) is 5.56 Å². The van der Waals surface area contributed by atoms with Gasteiger partial charge in [0, 0.05) is 12.6 Å². The van der Waals surface area contributed by atoms with Crippen molar-refractivity contribution in [2.75, 3.05) is 25.0 Å². The fourth-order valence-electron chi connectivity index (χ4n) is 2.79. The minimum atomic E-state index is -0.473. The van der Waals surface area contributed by atoms with Gasteiger partial charge in [-0.05, 0) is 42.0 Å². The highest BCUT2D eigenvalue weighted by atomic mass is 16.5. The number of hydrogen-bond acceptors (Lipinski definition) is 7. The Kier molecular flexibility index (Phi) is 6.55. The van der Waals surface area contributed by atoms with Crippen molar-refractivity contribution < 1.29 is 24.2 Å². The molecule has 0 bridgehead atoms. The number of carbonyl (C=O) groups is 1. The first-order valence-corrected chi connectivity index (χ1v) is 8.90. The van der Waals surface area contributed by atoms with Gasteiger partial charge in [0.2, 0.25) is 0 Å². The van der Waals surface area contributed by atoms with Crippen LogP contribution in [0, 0.1) is 0 Å². The third kappa shape index (κ3) is 4.97. The fourth-order valence-corrected chi connectivity index (χ4v) is 2.79. The van der Waals surface area contributed by atoms with E-state index in [2.05, 4.69) is 10.8 Å². The lowest BCUT2D eigenvalue weighted by Gasteiger charge is -2.14. The van der Waals surface area contributed by atoms with E-state index >= 15 is 0 Å². The SMILES string of the molecule is COC(=O)c1cc(CNc2cc(Oc3ccccc3)ccc2NO)ccc1OC. The van der Waals surface area contributed by atoms with Gasteiger partial charge in [-0.25, -0.2) is 4.79 Å². The van der Waals surface area contributed by atoms with E-state index in [0.29, 0.717) is 40.7 Å². The highest BCUT2D eigenvalue weighted by Gasteiger charge is 2.14. The molecule has 0 aliphatic carbocycles.